The Bertz CT molecular complexity index is 787. The first kappa shape index (κ1) is 18.1. The highest BCUT2D eigenvalue weighted by Gasteiger charge is 2.54. The van der Waals surface area contributed by atoms with Gasteiger partial charge >= 0.3 is 0 Å². The highest BCUT2D eigenvalue weighted by molar-refractivity contribution is 5.80. The van der Waals surface area contributed by atoms with Gasteiger partial charge in [-0.15, -0.1) is 0 Å². The van der Waals surface area contributed by atoms with E-state index in [4.69, 9.17) is 9.47 Å². The van der Waals surface area contributed by atoms with Gasteiger partial charge in [-0.3, -0.25) is 9.78 Å². The number of rotatable bonds is 6. The van der Waals surface area contributed by atoms with Crippen molar-refractivity contribution in [3.8, 4) is 0 Å². The molecule has 1 aromatic carbocycles. The zero-order valence-corrected chi connectivity index (χ0v) is 15.8. The Balaban J connectivity index is 1.28. The van der Waals surface area contributed by atoms with E-state index in [0.717, 1.165) is 24.2 Å². The summed E-state index contributed by atoms with van der Waals surface area (Å²) in [4.78, 5) is 18.7. The molecule has 2 aliphatic heterocycles. The summed E-state index contributed by atoms with van der Waals surface area (Å²) < 4.78 is 12.0. The van der Waals surface area contributed by atoms with Crippen molar-refractivity contribution in [1.29, 1.82) is 0 Å². The monoisotopic (exact) mass is 366 g/mol. The molecule has 142 valence electrons. The Hall–Kier alpha value is -2.24. The van der Waals surface area contributed by atoms with Crippen molar-refractivity contribution in [2.45, 2.75) is 32.0 Å². The molecule has 1 atom stereocenters. The summed E-state index contributed by atoms with van der Waals surface area (Å²) in [6, 6.07) is 12.0. The lowest BCUT2D eigenvalue weighted by atomic mass is 9.81. The third kappa shape index (κ3) is 3.89. The topological polar surface area (TPSA) is 51.7 Å². The summed E-state index contributed by atoms with van der Waals surface area (Å²) in [7, 11) is 0. The SMILES string of the molecule is Cc1ccccc1CC(=O)N1CC2(C1)OCCC2COCc1cccnc1. The Labute approximate surface area is 160 Å². The molecule has 1 spiro atoms. The van der Waals surface area contributed by atoms with Crippen LogP contribution in [0.4, 0.5) is 0 Å². The van der Waals surface area contributed by atoms with Gasteiger partial charge in [0.15, 0.2) is 0 Å². The van der Waals surface area contributed by atoms with Crippen molar-refractivity contribution in [2.75, 3.05) is 26.3 Å². The van der Waals surface area contributed by atoms with E-state index in [1.165, 1.54) is 5.56 Å². The molecular weight excluding hydrogens is 340 g/mol. The number of carbonyl (C=O) groups is 1. The molecule has 2 fully saturated rings. The number of likely N-dealkylation sites (tertiary alicyclic amines) is 1. The van der Waals surface area contributed by atoms with Gasteiger partial charge in [0, 0.05) is 24.9 Å². The van der Waals surface area contributed by atoms with Crippen LogP contribution in [0.2, 0.25) is 0 Å². The molecule has 0 saturated carbocycles. The van der Waals surface area contributed by atoms with E-state index in [-0.39, 0.29) is 11.5 Å². The molecule has 2 saturated heterocycles. The third-order valence-electron chi connectivity index (χ3n) is 5.78. The number of amides is 1. The van der Waals surface area contributed by atoms with Gasteiger partial charge in [-0.1, -0.05) is 30.3 Å². The maximum absolute atomic E-state index is 12.6. The number of aromatic nitrogens is 1. The quantitative estimate of drug-likeness (QED) is 0.789. The Morgan fingerprint density at radius 1 is 1.30 bits per heavy atom. The minimum Gasteiger partial charge on any atom is -0.376 e. The van der Waals surface area contributed by atoms with Gasteiger partial charge in [-0.25, -0.2) is 0 Å². The molecule has 2 aliphatic rings. The molecule has 0 N–H and O–H groups in total. The van der Waals surface area contributed by atoms with Crippen molar-refractivity contribution < 1.29 is 14.3 Å². The number of hydrogen-bond acceptors (Lipinski definition) is 4. The van der Waals surface area contributed by atoms with Gasteiger partial charge in [0.1, 0.15) is 5.60 Å². The summed E-state index contributed by atoms with van der Waals surface area (Å²) in [5.41, 5.74) is 3.14. The normalized spacial score (nSPS) is 20.6. The second-order valence-electron chi connectivity index (χ2n) is 7.63. The summed E-state index contributed by atoms with van der Waals surface area (Å²) in [5.74, 6) is 0.525. The fourth-order valence-corrected chi connectivity index (χ4v) is 4.03. The molecule has 1 unspecified atom stereocenters. The molecule has 3 heterocycles. The van der Waals surface area contributed by atoms with Gasteiger partial charge in [0.2, 0.25) is 5.91 Å². The van der Waals surface area contributed by atoms with Crippen LogP contribution in [0.3, 0.4) is 0 Å². The highest BCUT2D eigenvalue weighted by atomic mass is 16.5. The number of carbonyl (C=O) groups excluding carboxylic acids is 1. The minimum absolute atomic E-state index is 0.181. The molecule has 0 aliphatic carbocycles. The van der Waals surface area contributed by atoms with Crippen molar-refractivity contribution in [3.63, 3.8) is 0 Å². The fraction of sp³-hybridized carbons (Fsp3) is 0.455. The second kappa shape index (κ2) is 7.79. The maximum atomic E-state index is 12.6. The van der Waals surface area contributed by atoms with Crippen LogP contribution in [-0.4, -0.2) is 47.7 Å². The standard InChI is InChI=1S/C22H26N2O3/c1-17-5-2-3-7-19(17)11-21(25)24-15-22(16-24)20(8-10-27-22)14-26-13-18-6-4-9-23-12-18/h2-7,9,12,20H,8,10-11,13-16H2,1H3. The smallest absolute Gasteiger partial charge is 0.227 e. The molecular formula is C22H26N2O3. The van der Waals surface area contributed by atoms with E-state index in [9.17, 15) is 4.79 Å². The van der Waals surface area contributed by atoms with Gasteiger partial charge in [-0.05, 0) is 36.1 Å². The molecule has 27 heavy (non-hydrogen) atoms. The number of aryl methyl sites for hydroxylation is 1. The molecule has 5 nitrogen and oxygen atoms in total. The Morgan fingerprint density at radius 2 is 2.15 bits per heavy atom. The van der Waals surface area contributed by atoms with E-state index in [1.807, 2.05) is 41.4 Å². The van der Waals surface area contributed by atoms with E-state index in [1.54, 1.807) is 6.20 Å². The first-order valence-corrected chi connectivity index (χ1v) is 9.59. The van der Waals surface area contributed by atoms with Crippen molar-refractivity contribution >= 4 is 5.91 Å². The fourth-order valence-electron chi connectivity index (χ4n) is 4.03. The van der Waals surface area contributed by atoms with Crippen LogP contribution in [0.25, 0.3) is 0 Å². The summed E-state index contributed by atoms with van der Waals surface area (Å²) in [6.07, 6.45) is 5.05. The predicted molar refractivity (Wildman–Crippen MR) is 102 cm³/mol. The minimum atomic E-state index is -0.212. The van der Waals surface area contributed by atoms with Crippen LogP contribution in [0.5, 0.6) is 0 Å². The van der Waals surface area contributed by atoms with Crippen LogP contribution < -0.4 is 0 Å². The predicted octanol–water partition coefficient (Wildman–Crippen LogP) is 2.77. The van der Waals surface area contributed by atoms with Crippen LogP contribution in [0.1, 0.15) is 23.1 Å². The van der Waals surface area contributed by atoms with Gasteiger partial charge in [-0.2, -0.15) is 0 Å². The average Bonchev–Trinajstić information content (AvgIpc) is 3.07. The molecule has 4 rings (SSSR count). The van der Waals surface area contributed by atoms with Crippen molar-refractivity contribution in [2.24, 2.45) is 5.92 Å². The Morgan fingerprint density at radius 3 is 2.93 bits per heavy atom. The molecule has 0 bridgehead atoms. The summed E-state index contributed by atoms with van der Waals surface area (Å²) >= 11 is 0. The lowest BCUT2D eigenvalue weighted by Crippen LogP contribution is -2.66. The van der Waals surface area contributed by atoms with Gasteiger partial charge in [0.05, 0.1) is 32.7 Å². The van der Waals surface area contributed by atoms with Crippen LogP contribution in [0.15, 0.2) is 48.8 Å². The molecule has 2 aromatic rings. The zero-order chi connectivity index (χ0) is 18.7. The summed E-state index contributed by atoms with van der Waals surface area (Å²) in [6.45, 7) is 5.39. The number of hydrogen-bond donors (Lipinski definition) is 0. The first-order valence-electron chi connectivity index (χ1n) is 9.59. The first-order chi connectivity index (χ1) is 13.2. The molecule has 1 amide bonds. The number of ether oxygens (including phenoxy) is 2. The third-order valence-corrected chi connectivity index (χ3v) is 5.78. The largest absolute Gasteiger partial charge is 0.376 e. The lowest BCUT2D eigenvalue weighted by Gasteiger charge is -2.50. The van der Waals surface area contributed by atoms with Crippen LogP contribution in [-0.2, 0) is 27.3 Å². The van der Waals surface area contributed by atoms with Crippen molar-refractivity contribution in [1.82, 2.24) is 9.88 Å². The van der Waals surface area contributed by atoms with Gasteiger partial charge in [0.25, 0.3) is 0 Å². The zero-order valence-electron chi connectivity index (χ0n) is 15.8. The number of pyridine rings is 1. The number of benzene rings is 1. The Kier molecular flexibility index (Phi) is 5.23. The van der Waals surface area contributed by atoms with E-state index >= 15 is 0 Å². The van der Waals surface area contributed by atoms with E-state index < -0.39 is 0 Å². The summed E-state index contributed by atoms with van der Waals surface area (Å²) in [5, 5.41) is 0. The molecule has 1 aromatic heterocycles. The van der Waals surface area contributed by atoms with Crippen LogP contribution >= 0.6 is 0 Å². The number of nitrogens with zero attached hydrogens (tertiary/aromatic N) is 2. The average molecular weight is 366 g/mol. The highest BCUT2D eigenvalue weighted by Crippen LogP contribution is 2.40. The van der Waals surface area contributed by atoms with Gasteiger partial charge < -0.3 is 14.4 Å². The van der Waals surface area contributed by atoms with E-state index in [0.29, 0.717) is 38.6 Å². The van der Waals surface area contributed by atoms with Crippen molar-refractivity contribution in [3.05, 3.63) is 65.5 Å². The molecule has 5 heteroatoms. The second-order valence-corrected chi connectivity index (χ2v) is 7.63. The lowest BCUT2D eigenvalue weighted by molar-refractivity contribution is -0.168. The maximum Gasteiger partial charge on any atom is 0.227 e. The van der Waals surface area contributed by atoms with Crippen LogP contribution in [0, 0.1) is 12.8 Å². The van der Waals surface area contributed by atoms with E-state index in [2.05, 4.69) is 18.0 Å². The molecule has 0 radical (unpaired) electrons.